The molecule has 1 N–H and O–H groups in total. The third-order valence-electron chi connectivity index (χ3n) is 2.97. The normalized spacial score (nSPS) is 12.6. The summed E-state index contributed by atoms with van der Waals surface area (Å²) in [4.78, 5) is 0.972. The molecular weight excluding hydrogens is 281 g/mol. The maximum Gasteiger partial charge on any atom is 0.128 e. The molecule has 1 unspecified atom stereocenters. The van der Waals surface area contributed by atoms with E-state index < -0.39 is 0 Å². The lowest BCUT2D eigenvalue weighted by atomic mass is 10.0. The van der Waals surface area contributed by atoms with Crippen LogP contribution in [0.1, 0.15) is 35.4 Å². The zero-order chi connectivity index (χ0) is 13.8. The third-order valence-corrected chi connectivity index (χ3v) is 4.39. The molecule has 102 valence electrons. The SMILES string of the molecule is CCCNC(c1cc(C)ccc1F)c1sccc1Cl. The van der Waals surface area contributed by atoms with Gasteiger partial charge in [-0.05, 0) is 37.4 Å². The molecule has 0 aliphatic rings. The van der Waals surface area contributed by atoms with Crippen molar-refractivity contribution < 1.29 is 4.39 Å². The Morgan fingerprint density at radius 3 is 2.79 bits per heavy atom. The van der Waals surface area contributed by atoms with Crippen molar-refractivity contribution in [1.29, 1.82) is 0 Å². The van der Waals surface area contributed by atoms with Gasteiger partial charge in [0, 0.05) is 10.4 Å². The van der Waals surface area contributed by atoms with Crippen LogP contribution in [0.25, 0.3) is 0 Å². The Labute approximate surface area is 122 Å². The lowest BCUT2D eigenvalue weighted by molar-refractivity contribution is 0.550. The molecule has 0 radical (unpaired) electrons. The van der Waals surface area contributed by atoms with Crippen molar-refractivity contribution >= 4 is 22.9 Å². The Balaban J connectivity index is 2.42. The minimum atomic E-state index is -0.191. The van der Waals surface area contributed by atoms with Crippen LogP contribution < -0.4 is 5.32 Å². The molecule has 2 aromatic rings. The summed E-state index contributed by atoms with van der Waals surface area (Å²) in [6.45, 7) is 4.88. The summed E-state index contributed by atoms with van der Waals surface area (Å²) in [6, 6.07) is 6.87. The van der Waals surface area contributed by atoms with Gasteiger partial charge in [0.2, 0.25) is 0 Å². The molecule has 0 saturated heterocycles. The molecule has 0 aliphatic carbocycles. The fraction of sp³-hybridized carbons (Fsp3) is 0.333. The minimum absolute atomic E-state index is 0.174. The molecule has 0 saturated carbocycles. The maximum absolute atomic E-state index is 14.1. The van der Waals surface area contributed by atoms with Gasteiger partial charge in [0.25, 0.3) is 0 Å². The molecule has 1 aromatic heterocycles. The second kappa shape index (κ2) is 6.51. The van der Waals surface area contributed by atoms with Crippen molar-refractivity contribution in [3.05, 3.63) is 56.5 Å². The van der Waals surface area contributed by atoms with E-state index in [1.165, 1.54) is 6.07 Å². The van der Waals surface area contributed by atoms with E-state index in [1.807, 2.05) is 24.4 Å². The first-order chi connectivity index (χ1) is 9.13. The average molecular weight is 298 g/mol. The Hall–Kier alpha value is -0.900. The molecular formula is C15H17ClFNS. The Bertz CT molecular complexity index is 553. The van der Waals surface area contributed by atoms with E-state index in [4.69, 9.17) is 11.6 Å². The molecule has 1 heterocycles. The number of aryl methyl sites for hydroxylation is 1. The van der Waals surface area contributed by atoms with E-state index in [-0.39, 0.29) is 11.9 Å². The molecule has 0 aliphatic heterocycles. The largest absolute Gasteiger partial charge is 0.305 e. The van der Waals surface area contributed by atoms with Gasteiger partial charge < -0.3 is 5.32 Å². The van der Waals surface area contributed by atoms with E-state index >= 15 is 0 Å². The summed E-state index contributed by atoms with van der Waals surface area (Å²) < 4.78 is 14.1. The highest BCUT2D eigenvalue weighted by Crippen LogP contribution is 2.34. The van der Waals surface area contributed by atoms with Crippen LogP contribution in [0.15, 0.2) is 29.6 Å². The molecule has 1 nitrogen and oxygen atoms in total. The Morgan fingerprint density at radius 1 is 1.37 bits per heavy atom. The summed E-state index contributed by atoms with van der Waals surface area (Å²) in [7, 11) is 0. The summed E-state index contributed by atoms with van der Waals surface area (Å²) in [5.41, 5.74) is 1.71. The number of benzene rings is 1. The molecule has 0 fully saturated rings. The predicted molar refractivity (Wildman–Crippen MR) is 80.6 cm³/mol. The minimum Gasteiger partial charge on any atom is -0.305 e. The van der Waals surface area contributed by atoms with Crippen LogP contribution in [0.4, 0.5) is 4.39 Å². The molecule has 0 spiro atoms. The number of hydrogen-bond acceptors (Lipinski definition) is 2. The summed E-state index contributed by atoms with van der Waals surface area (Å²) in [5.74, 6) is -0.191. The van der Waals surface area contributed by atoms with Gasteiger partial charge in [0.15, 0.2) is 0 Å². The summed E-state index contributed by atoms with van der Waals surface area (Å²) in [6.07, 6.45) is 0.993. The van der Waals surface area contributed by atoms with Crippen LogP contribution >= 0.6 is 22.9 Å². The molecule has 1 aromatic carbocycles. The number of halogens is 2. The van der Waals surface area contributed by atoms with Gasteiger partial charge in [-0.1, -0.05) is 36.2 Å². The quantitative estimate of drug-likeness (QED) is 0.824. The highest BCUT2D eigenvalue weighted by Gasteiger charge is 2.21. The van der Waals surface area contributed by atoms with Gasteiger partial charge in [-0.15, -0.1) is 11.3 Å². The fourth-order valence-electron chi connectivity index (χ4n) is 2.03. The Morgan fingerprint density at radius 2 is 2.16 bits per heavy atom. The first-order valence-corrected chi connectivity index (χ1v) is 7.61. The van der Waals surface area contributed by atoms with E-state index in [0.717, 1.165) is 23.4 Å². The number of rotatable bonds is 5. The van der Waals surface area contributed by atoms with Gasteiger partial charge in [0.05, 0.1) is 11.1 Å². The monoisotopic (exact) mass is 297 g/mol. The predicted octanol–water partition coefficient (Wildman–Crippen LogP) is 4.94. The number of hydrogen-bond donors (Lipinski definition) is 1. The first-order valence-electron chi connectivity index (χ1n) is 6.35. The van der Waals surface area contributed by atoms with Gasteiger partial charge in [-0.25, -0.2) is 4.39 Å². The van der Waals surface area contributed by atoms with E-state index in [0.29, 0.717) is 10.6 Å². The standard InChI is InChI=1S/C15H17ClFNS/c1-3-7-18-14(15-12(16)6-8-19-15)11-9-10(2)4-5-13(11)17/h4-6,8-9,14,18H,3,7H2,1-2H3. The zero-order valence-corrected chi connectivity index (χ0v) is 12.6. The number of nitrogens with one attached hydrogen (secondary N) is 1. The van der Waals surface area contributed by atoms with Crippen molar-refractivity contribution in [2.75, 3.05) is 6.54 Å². The van der Waals surface area contributed by atoms with Crippen LogP contribution in [0.2, 0.25) is 5.02 Å². The molecule has 0 amide bonds. The van der Waals surface area contributed by atoms with E-state index in [9.17, 15) is 4.39 Å². The molecule has 2 rings (SSSR count). The van der Waals surface area contributed by atoms with Crippen LogP contribution in [-0.2, 0) is 0 Å². The Kier molecular flexibility index (Phi) is 4.97. The first kappa shape index (κ1) is 14.5. The molecule has 1 atom stereocenters. The number of thiophene rings is 1. The third kappa shape index (κ3) is 3.35. The van der Waals surface area contributed by atoms with Crippen molar-refractivity contribution in [3.63, 3.8) is 0 Å². The van der Waals surface area contributed by atoms with Gasteiger partial charge in [-0.2, -0.15) is 0 Å². The summed E-state index contributed by atoms with van der Waals surface area (Å²) >= 11 is 7.76. The zero-order valence-electron chi connectivity index (χ0n) is 11.0. The van der Waals surface area contributed by atoms with Gasteiger partial charge in [0.1, 0.15) is 5.82 Å². The highest BCUT2D eigenvalue weighted by molar-refractivity contribution is 7.10. The lowest BCUT2D eigenvalue weighted by Crippen LogP contribution is -2.23. The second-order valence-electron chi connectivity index (χ2n) is 4.54. The van der Waals surface area contributed by atoms with Crippen molar-refractivity contribution in [1.82, 2.24) is 5.32 Å². The topological polar surface area (TPSA) is 12.0 Å². The molecule has 0 bridgehead atoms. The lowest BCUT2D eigenvalue weighted by Gasteiger charge is -2.19. The van der Waals surface area contributed by atoms with Crippen LogP contribution in [0, 0.1) is 12.7 Å². The second-order valence-corrected chi connectivity index (χ2v) is 5.90. The van der Waals surface area contributed by atoms with E-state index in [2.05, 4.69) is 12.2 Å². The highest BCUT2D eigenvalue weighted by atomic mass is 35.5. The van der Waals surface area contributed by atoms with Crippen LogP contribution in [-0.4, -0.2) is 6.54 Å². The van der Waals surface area contributed by atoms with Crippen LogP contribution in [0.3, 0.4) is 0 Å². The van der Waals surface area contributed by atoms with E-state index in [1.54, 1.807) is 17.4 Å². The van der Waals surface area contributed by atoms with Crippen LogP contribution in [0.5, 0.6) is 0 Å². The van der Waals surface area contributed by atoms with Gasteiger partial charge in [-0.3, -0.25) is 0 Å². The fourth-order valence-corrected chi connectivity index (χ4v) is 3.29. The summed E-state index contributed by atoms with van der Waals surface area (Å²) in [5, 5.41) is 6.01. The van der Waals surface area contributed by atoms with Gasteiger partial charge >= 0.3 is 0 Å². The maximum atomic E-state index is 14.1. The van der Waals surface area contributed by atoms with Crippen molar-refractivity contribution in [2.24, 2.45) is 0 Å². The molecule has 4 heteroatoms. The average Bonchev–Trinajstić information content (AvgIpc) is 2.80. The smallest absolute Gasteiger partial charge is 0.128 e. The van der Waals surface area contributed by atoms with Crippen molar-refractivity contribution in [3.8, 4) is 0 Å². The molecule has 19 heavy (non-hydrogen) atoms. The van der Waals surface area contributed by atoms with Crippen molar-refractivity contribution in [2.45, 2.75) is 26.3 Å².